The van der Waals surface area contributed by atoms with Crippen molar-refractivity contribution in [2.75, 3.05) is 0 Å². The summed E-state index contributed by atoms with van der Waals surface area (Å²) in [7, 11) is -1.40. The van der Waals surface area contributed by atoms with Gasteiger partial charge in [0.05, 0.1) is 8.07 Å². The first-order chi connectivity index (χ1) is 19.4. The second kappa shape index (κ2) is 10.8. The summed E-state index contributed by atoms with van der Waals surface area (Å²) in [5.41, 5.74) is 7.54. The fraction of sp³-hybridized carbons (Fsp3) is 0.0857. The fourth-order valence-corrected chi connectivity index (χ4v) is 5.92. The normalized spacial score (nSPS) is 11.4. The lowest BCUT2D eigenvalue weighted by Crippen LogP contribution is -2.37. The van der Waals surface area contributed by atoms with Crippen LogP contribution in [0, 0.1) is 0 Å². The number of benzene rings is 4. The molecule has 0 saturated heterocycles. The fourth-order valence-electron chi connectivity index (χ4n) is 4.73. The van der Waals surface area contributed by atoms with E-state index in [1.54, 1.807) is 12.4 Å². The van der Waals surface area contributed by atoms with Gasteiger partial charge in [-0.15, -0.1) is 0 Å². The molecule has 4 aromatic carbocycles. The summed E-state index contributed by atoms with van der Waals surface area (Å²) < 4.78 is 0. The van der Waals surface area contributed by atoms with Crippen LogP contribution >= 0.6 is 0 Å². The van der Waals surface area contributed by atoms with Gasteiger partial charge < -0.3 is 0 Å². The summed E-state index contributed by atoms with van der Waals surface area (Å²) in [5, 5.41) is 1.46. The minimum absolute atomic E-state index is 0.626. The van der Waals surface area contributed by atoms with E-state index in [0.717, 1.165) is 27.8 Å². The number of pyridine rings is 1. The highest BCUT2D eigenvalue weighted by atomic mass is 28.3. The van der Waals surface area contributed by atoms with Crippen molar-refractivity contribution in [3.63, 3.8) is 0 Å². The molecule has 0 fully saturated rings. The van der Waals surface area contributed by atoms with Crippen molar-refractivity contribution < 1.29 is 0 Å². The van der Waals surface area contributed by atoms with Crippen LogP contribution in [0.2, 0.25) is 19.6 Å². The quantitative estimate of drug-likeness (QED) is 0.202. The van der Waals surface area contributed by atoms with Gasteiger partial charge in [-0.05, 0) is 46.5 Å². The lowest BCUT2D eigenvalue weighted by Gasteiger charge is -2.17. The van der Waals surface area contributed by atoms with Crippen molar-refractivity contribution in [2.24, 2.45) is 0 Å². The van der Waals surface area contributed by atoms with Crippen LogP contribution < -0.4 is 5.19 Å². The molecule has 40 heavy (non-hydrogen) atoms. The minimum atomic E-state index is -1.40. The van der Waals surface area contributed by atoms with E-state index in [0.29, 0.717) is 17.5 Å². The zero-order valence-electron chi connectivity index (χ0n) is 22.9. The predicted octanol–water partition coefficient (Wildman–Crippen LogP) is 8.15. The van der Waals surface area contributed by atoms with Crippen molar-refractivity contribution >= 4 is 13.3 Å². The molecule has 6 rings (SSSR count). The van der Waals surface area contributed by atoms with E-state index < -0.39 is 8.07 Å². The van der Waals surface area contributed by atoms with E-state index in [2.05, 4.69) is 97.4 Å². The first-order valence-corrected chi connectivity index (χ1v) is 17.0. The van der Waals surface area contributed by atoms with Gasteiger partial charge in [0.1, 0.15) is 0 Å². The minimum Gasteiger partial charge on any atom is -0.265 e. The maximum Gasteiger partial charge on any atom is 0.164 e. The summed E-state index contributed by atoms with van der Waals surface area (Å²) in [4.78, 5) is 18.7. The van der Waals surface area contributed by atoms with E-state index in [4.69, 9.17) is 15.0 Å². The van der Waals surface area contributed by atoms with Crippen molar-refractivity contribution in [3.05, 3.63) is 128 Å². The Bertz CT molecular complexity index is 1720. The van der Waals surface area contributed by atoms with Crippen LogP contribution in [0.5, 0.6) is 0 Å². The van der Waals surface area contributed by atoms with Crippen molar-refractivity contribution in [3.8, 4) is 56.4 Å². The van der Waals surface area contributed by atoms with Gasteiger partial charge in [0.2, 0.25) is 0 Å². The molecule has 0 atom stereocenters. The van der Waals surface area contributed by atoms with Gasteiger partial charge in [-0.25, -0.2) is 15.0 Å². The molecule has 0 N–H and O–H groups in total. The predicted molar refractivity (Wildman–Crippen MR) is 168 cm³/mol. The van der Waals surface area contributed by atoms with E-state index in [1.807, 2.05) is 42.5 Å². The van der Waals surface area contributed by atoms with Crippen LogP contribution in [0.25, 0.3) is 56.4 Å². The molecule has 6 aromatic rings. The Balaban J connectivity index is 1.42. The molecule has 2 aromatic heterocycles. The van der Waals surface area contributed by atoms with Crippen LogP contribution in [0.4, 0.5) is 0 Å². The molecular formula is C35H30N4Si. The lowest BCUT2D eigenvalue weighted by atomic mass is 9.98. The standard InChI is InChI=1S/C35H30N4Si/c1-40(2,3)32-17-9-15-30(24-32)28-13-7-12-27(22-28)29-14-8-16-31(23-29)35-38-33(25-10-5-4-6-11-25)37-34(39-35)26-18-20-36-21-19-26/h4-24H,1-3H3. The van der Waals surface area contributed by atoms with Crippen LogP contribution in [0.3, 0.4) is 0 Å². The second-order valence-electron chi connectivity index (χ2n) is 10.9. The van der Waals surface area contributed by atoms with E-state index in [-0.39, 0.29) is 0 Å². The molecule has 0 radical (unpaired) electrons. The number of hydrogen-bond donors (Lipinski definition) is 0. The van der Waals surface area contributed by atoms with Crippen molar-refractivity contribution in [2.45, 2.75) is 19.6 Å². The Hall–Kier alpha value is -4.74. The highest BCUT2D eigenvalue weighted by molar-refractivity contribution is 6.88. The largest absolute Gasteiger partial charge is 0.265 e. The number of hydrogen-bond acceptors (Lipinski definition) is 4. The maximum absolute atomic E-state index is 4.90. The summed E-state index contributed by atoms with van der Waals surface area (Å²) >= 11 is 0. The maximum atomic E-state index is 4.90. The molecule has 4 nitrogen and oxygen atoms in total. The van der Waals surface area contributed by atoms with E-state index in [1.165, 1.54) is 16.3 Å². The Morgan fingerprint density at radius 2 is 0.825 bits per heavy atom. The number of aromatic nitrogens is 4. The first-order valence-electron chi connectivity index (χ1n) is 13.5. The average molecular weight is 535 g/mol. The first kappa shape index (κ1) is 25.5. The van der Waals surface area contributed by atoms with Crippen LogP contribution in [-0.2, 0) is 0 Å². The average Bonchev–Trinajstić information content (AvgIpc) is 3.01. The van der Waals surface area contributed by atoms with Gasteiger partial charge in [0.25, 0.3) is 0 Å². The third-order valence-corrected chi connectivity index (χ3v) is 9.03. The van der Waals surface area contributed by atoms with Gasteiger partial charge in [0, 0.05) is 29.1 Å². The molecule has 0 bridgehead atoms. The molecule has 0 aliphatic heterocycles. The van der Waals surface area contributed by atoms with Gasteiger partial charge >= 0.3 is 0 Å². The molecule has 0 amide bonds. The van der Waals surface area contributed by atoms with Crippen LogP contribution in [-0.4, -0.2) is 28.0 Å². The van der Waals surface area contributed by atoms with Crippen LogP contribution in [0.15, 0.2) is 128 Å². The van der Waals surface area contributed by atoms with Crippen molar-refractivity contribution in [1.29, 1.82) is 0 Å². The zero-order chi connectivity index (χ0) is 27.5. The second-order valence-corrected chi connectivity index (χ2v) is 16.0. The Morgan fingerprint density at radius 3 is 1.40 bits per heavy atom. The van der Waals surface area contributed by atoms with Gasteiger partial charge in [0.15, 0.2) is 17.5 Å². The molecule has 0 saturated carbocycles. The summed E-state index contributed by atoms with van der Waals surface area (Å²) in [6.45, 7) is 7.16. The molecule has 2 heterocycles. The summed E-state index contributed by atoms with van der Waals surface area (Å²) in [6.07, 6.45) is 3.52. The molecule has 0 unspecified atom stereocenters. The lowest BCUT2D eigenvalue weighted by molar-refractivity contribution is 1.07. The molecule has 0 aliphatic carbocycles. The third kappa shape index (κ3) is 5.51. The zero-order valence-corrected chi connectivity index (χ0v) is 23.9. The molecule has 0 aliphatic rings. The SMILES string of the molecule is C[Si](C)(C)c1cccc(-c2cccc(-c3cccc(-c4nc(-c5ccccc5)nc(-c5ccncc5)n4)c3)c2)c1. The van der Waals surface area contributed by atoms with E-state index in [9.17, 15) is 0 Å². The van der Waals surface area contributed by atoms with Gasteiger partial charge in [-0.1, -0.05) is 116 Å². The highest BCUT2D eigenvalue weighted by Gasteiger charge is 2.17. The molecule has 5 heteroatoms. The van der Waals surface area contributed by atoms with Crippen molar-refractivity contribution in [1.82, 2.24) is 19.9 Å². The Kier molecular flexibility index (Phi) is 6.89. The monoisotopic (exact) mass is 534 g/mol. The topological polar surface area (TPSA) is 51.6 Å². The Morgan fingerprint density at radius 1 is 0.400 bits per heavy atom. The molecule has 194 valence electrons. The molecular weight excluding hydrogens is 504 g/mol. The van der Waals surface area contributed by atoms with E-state index >= 15 is 0 Å². The smallest absolute Gasteiger partial charge is 0.164 e. The summed E-state index contributed by atoms with van der Waals surface area (Å²) in [6, 6.07) is 40.1. The molecule has 0 spiro atoms. The Labute approximate surface area is 236 Å². The number of nitrogens with zero attached hydrogens (tertiary/aromatic N) is 4. The van der Waals surface area contributed by atoms with Gasteiger partial charge in [-0.3, -0.25) is 4.98 Å². The third-order valence-electron chi connectivity index (χ3n) is 6.98. The highest BCUT2D eigenvalue weighted by Crippen LogP contribution is 2.30. The van der Waals surface area contributed by atoms with Gasteiger partial charge in [-0.2, -0.15) is 0 Å². The van der Waals surface area contributed by atoms with Crippen LogP contribution in [0.1, 0.15) is 0 Å². The summed E-state index contributed by atoms with van der Waals surface area (Å²) in [5.74, 6) is 1.91. The number of rotatable bonds is 6.